The molecule has 1 amide bonds. The number of halogens is 2. The second-order valence-corrected chi connectivity index (χ2v) is 6.88. The second kappa shape index (κ2) is 7.21. The standard InChI is InChI=1S/C17H13Cl2NO2S/c18-13-7-12(8-14(19)9-13)17(21)20(10-15-3-1-5-22-15)11-16-4-2-6-23-16/h1-9H,10-11H2. The number of rotatable bonds is 5. The van der Waals surface area contributed by atoms with Crippen molar-refractivity contribution >= 4 is 40.4 Å². The minimum atomic E-state index is -0.140. The molecule has 0 N–H and O–H groups in total. The summed E-state index contributed by atoms with van der Waals surface area (Å²) in [6.07, 6.45) is 1.60. The molecule has 0 aliphatic rings. The van der Waals surface area contributed by atoms with Gasteiger partial charge in [-0.3, -0.25) is 4.79 Å². The molecular weight excluding hydrogens is 353 g/mol. The highest BCUT2D eigenvalue weighted by Crippen LogP contribution is 2.22. The van der Waals surface area contributed by atoms with E-state index in [9.17, 15) is 4.79 Å². The van der Waals surface area contributed by atoms with Crippen molar-refractivity contribution in [2.45, 2.75) is 13.1 Å². The van der Waals surface area contributed by atoms with Crippen LogP contribution >= 0.6 is 34.5 Å². The lowest BCUT2D eigenvalue weighted by Crippen LogP contribution is -2.29. The molecule has 0 radical (unpaired) electrons. The van der Waals surface area contributed by atoms with Crippen LogP contribution in [0.25, 0.3) is 0 Å². The third-order valence-electron chi connectivity index (χ3n) is 3.25. The molecule has 0 bridgehead atoms. The lowest BCUT2D eigenvalue weighted by atomic mass is 10.2. The molecule has 0 spiro atoms. The number of benzene rings is 1. The molecule has 0 fully saturated rings. The van der Waals surface area contributed by atoms with Gasteiger partial charge < -0.3 is 9.32 Å². The molecule has 118 valence electrons. The van der Waals surface area contributed by atoms with E-state index < -0.39 is 0 Å². The van der Waals surface area contributed by atoms with Gasteiger partial charge >= 0.3 is 0 Å². The predicted molar refractivity (Wildman–Crippen MR) is 93.1 cm³/mol. The summed E-state index contributed by atoms with van der Waals surface area (Å²) in [6.45, 7) is 0.884. The normalized spacial score (nSPS) is 10.7. The monoisotopic (exact) mass is 365 g/mol. The second-order valence-electron chi connectivity index (χ2n) is 4.98. The van der Waals surface area contributed by atoms with Gasteiger partial charge in [-0.25, -0.2) is 0 Å². The molecule has 23 heavy (non-hydrogen) atoms. The Morgan fingerprint density at radius 2 is 1.87 bits per heavy atom. The van der Waals surface area contributed by atoms with Gasteiger partial charge in [0, 0.05) is 20.5 Å². The maximum Gasteiger partial charge on any atom is 0.254 e. The van der Waals surface area contributed by atoms with Crippen LogP contribution in [0.2, 0.25) is 10.0 Å². The van der Waals surface area contributed by atoms with Crippen LogP contribution in [0.5, 0.6) is 0 Å². The zero-order valence-corrected chi connectivity index (χ0v) is 14.4. The molecule has 0 atom stereocenters. The van der Waals surface area contributed by atoms with Gasteiger partial charge in [0.1, 0.15) is 5.76 Å². The van der Waals surface area contributed by atoms with Crippen LogP contribution in [-0.4, -0.2) is 10.8 Å². The first-order valence-corrected chi connectivity index (χ1v) is 8.55. The van der Waals surface area contributed by atoms with E-state index >= 15 is 0 Å². The lowest BCUT2D eigenvalue weighted by Gasteiger charge is -2.21. The Morgan fingerprint density at radius 3 is 2.48 bits per heavy atom. The summed E-state index contributed by atoms with van der Waals surface area (Å²) in [5.41, 5.74) is 0.464. The van der Waals surface area contributed by atoms with Crippen molar-refractivity contribution in [3.05, 3.63) is 80.4 Å². The fraction of sp³-hybridized carbons (Fsp3) is 0.118. The summed E-state index contributed by atoms with van der Waals surface area (Å²) < 4.78 is 5.37. The van der Waals surface area contributed by atoms with E-state index in [1.165, 1.54) is 0 Å². The highest BCUT2D eigenvalue weighted by molar-refractivity contribution is 7.09. The molecule has 2 aromatic heterocycles. The van der Waals surface area contributed by atoms with Crippen LogP contribution in [0.4, 0.5) is 0 Å². The van der Waals surface area contributed by atoms with Crippen LogP contribution in [-0.2, 0) is 13.1 Å². The number of thiophene rings is 1. The van der Waals surface area contributed by atoms with Gasteiger partial charge in [-0.1, -0.05) is 29.3 Å². The number of furan rings is 1. The van der Waals surface area contributed by atoms with E-state index in [-0.39, 0.29) is 5.91 Å². The quantitative estimate of drug-likeness (QED) is 0.598. The Labute approximate surface area is 148 Å². The molecule has 0 aliphatic heterocycles. The minimum absolute atomic E-state index is 0.140. The average molecular weight is 366 g/mol. The summed E-state index contributed by atoms with van der Waals surface area (Å²) >= 11 is 13.6. The number of carbonyl (C=O) groups is 1. The molecule has 0 saturated heterocycles. The SMILES string of the molecule is O=C(c1cc(Cl)cc(Cl)c1)N(Cc1ccco1)Cc1cccs1. The molecule has 2 heterocycles. The van der Waals surface area contributed by atoms with Crippen LogP contribution in [0.3, 0.4) is 0 Å². The van der Waals surface area contributed by atoms with Gasteiger partial charge in [0.2, 0.25) is 0 Å². The Balaban J connectivity index is 1.88. The number of carbonyl (C=O) groups excluding carboxylic acids is 1. The van der Waals surface area contributed by atoms with Gasteiger partial charge in [-0.05, 0) is 41.8 Å². The topological polar surface area (TPSA) is 33.5 Å². The number of amides is 1. The van der Waals surface area contributed by atoms with Gasteiger partial charge in [-0.15, -0.1) is 11.3 Å². The summed E-state index contributed by atoms with van der Waals surface area (Å²) in [5.74, 6) is 0.585. The Bertz CT molecular complexity index is 729. The smallest absolute Gasteiger partial charge is 0.254 e. The van der Waals surface area contributed by atoms with Crippen molar-refractivity contribution in [1.29, 1.82) is 0 Å². The van der Waals surface area contributed by atoms with Crippen molar-refractivity contribution in [3.63, 3.8) is 0 Å². The summed E-state index contributed by atoms with van der Waals surface area (Å²) in [5, 5.41) is 2.87. The van der Waals surface area contributed by atoms with E-state index in [1.807, 2.05) is 23.6 Å². The molecule has 6 heteroatoms. The predicted octanol–water partition coefficient (Wildman–Crippen LogP) is 5.49. The number of hydrogen-bond acceptors (Lipinski definition) is 3. The zero-order valence-electron chi connectivity index (χ0n) is 12.0. The molecule has 1 aromatic carbocycles. The maximum absolute atomic E-state index is 12.9. The van der Waals surface area contributed by atoms with Crippen molar-refractivity contribution in [2.75, 3.05) is 0 Å². The molecule has 3 rings (SSSR count). The Hall–Kier alpha value is -1.75. The van der Waals surface area contributed by atoms with Crippen LogP contribution in [0.15, 0.2) is 58.5 Å². The van der Waals surface area contributed by atoms with Crippen molar-refractivity contribution in [1.82, 2.24) is 4.90 Å². The van der Waals surface area contributed by atoms with Crippen LogP contribution in [0.1, 0.15) is 21.0 Å². The van der Waals surface area contributed by atoms with E-state index in [2.05, 4.69) is 0 Å². The fourth-order valence-electron chi connectivity index (χ4n) is 2.24. The molecule has 0 unspecified atom stereocenters. The molecule has 0 aliphatic carbocycles. The van der Waals surface area contributed by atoms with Crippen molar-refractivity contribution in [2.24, 2.45) is 0 Å². The first-order chi connectivity index (χ1) is 11.1. The number of nitrogens with zero attached hydrogens (tertiary/aromatic N) is 1. The van der Waals surface area contributed by atoms with Crippen molar-refractivity contribution in [3.8, 4) is 0 Å². The van der Waals surface area contributed by atoms with E-state index in [0.717, 1.165) is 10.6 Å². The fourth-order valence-corrected chi connectivity index (χ4v) is 3.49. The highest BCUT2D eigenvalue weighted by atomic mass is 35.5. The maximum atomic E-state index is 12.9. The summed E-state index contributed by atoms with van der Waals surface area (Å²) in [6, 6.07) is 12.5. The first kappa shape index (κ1) is 16.1. The van der Waals surface area contributed by atoms with E-state index in [4.69, 9.17) is 27.6 Å². The van der Waals surface area contributed by atoms with Crippen molar-refractivity contribution < 1.29 is 9.21 Å². The average Bonchev–Trinajstić information content (AvgIpc) is 3.18. The summed E-state index contributed by atoms with van der Waals surface area (Å²) in [4.78, 5) is 15.7. The first-order valence-electron chi connectivity index (χ1n) is 6.92. The summed E-state index contributed by atoms with van der Waals surface area (Å²) in [7, 11) is 0. The number of hydrogen-bond donors (Lipinski definition) is 0. The molecule has 0 saturated carbocycles. The Kier molecular flexibility index (Phi) is 5.06. The Morgan fingerprint density at radius 1 is 1.09 bits per heavy atom. The molecule has 3 aromatic rings. The zero-order chi connectivity index (χ0) is 16.2. The largest absolute Gasteiger partial charge is 0.467 e. The van der Waals surface area contributed by atoms with E-state index in [0.29, 0.717) is 28.7 Å². The minimum Gasteiger partial charge on any atom is -0.467 e. The van der Waals surface area contributed by atoms with Crippen LogP contribution in [0, 0.1) is 0 Å². The van der Waals surface area contributed by atoms with Crippen LogP contribution < -0.4 is 0 Å². The highest BCUT2D eigenvalue weighted by Gasteiger charge is 2.19. The molecular formula is C17H13Cl2NO2S. The lowest BCUT2D eigenvalue weighted by molar-refractivity contribution is 0.0719. The third kappa shape index (κ3) is 4.16. The van der Waals surface area contributed by atoms with Gasteiger partial charge in [0.15, 0.2) is 0 Å². The van der Waals surface area contributed by atoms with E-state index in [1.54, 1.807) is 46.8 Å². The van der Waals surface area contributed by atoms with Gasteiger partial charge in [0.25, 0.3) is 5.91 Å². The third-order valence-corrected chi connectivity index (χ3v) is 4.55. The van der Waals surface area contributed by atoms with Gasteiger partial charge in [0.05, 0.1) is 19.4 Å². The van der Waals surface area contributed by atoms with Gasteiger partial charge in [-0.2, -0.15) is 0 Å². The molecule has 3 nitrogen and oxygen atoms in total.